The minimum atomic E-state index is -2.30. The van der Waals surface area contributed by atoms with E-state index in [1.165, 1.54) is 10.5 Å². The maximum absolute atomic E-state index is 8.32. The third-order valence-electron chi connectivity index (χ3n) is 10.3. The summed E-state index contributed by atoms with van der Waals surface area (Å²) in [5, 5.41) is 2.23. The molecular formula is C47H38N4Pt. The fraction of sp³-hybridized carbons (Fsp3) is 0.128. The standard InChI is InChI=1S/C47H38N4.Pt/c1-33(2)34-27-28-48-46(29-34)51-42-22-11-10-21-40(42)41-26-25-38(31-45(41)51)47(35-15-6-4-7-16-35,36-17-8-5-9-18-36)37-19-14-20-39(30-37)50-32-49(3)43-23-12-13-24-44(43)50;/h4-29,33H,32H2,1-3H3;/q-2;+2/i3D3;. The molecule has 0 saturated heterocycles. The third kappa shape index (κ3) is 5.36. The van der Waals surface area contributed by atoms with Crippen molar-refractivity contribution in [2.24, 2.45) is 0 Å². The third-order valence-corrected chi connectivity index (χ3v) is 10.3. The summed E-state index contributed by atoms with van der Waals surface area (Å²) in [6.07, 6.45) is 1.90. The zero-order valence-corrected chi connectivity index (χ0v) is 31.2. The van der Waals surface area contributed by atoms with E-state index < -0.39 is 12.4 Å². The van der Waals surface area contributed by atoms with Crippen molar-refractivity contribution in [3.05, 3.63) is 198 Å². The van der Waals surface area contributed by atoms with Gasteiger partial charge in [-0.3, -0.25) is 0 Å². The maximum Gasteiger partial charge on any atom is 2.00 e. The van der Waals surface area contributed by atoms with Crippen molar-refractivity contribution < 1.29 is 25.2 Å². The van der Waals surface area contributed by atoms with Crippen LogP contribution in [0.3, 0.4) is 0 Å². The molecule has 0 fully saturated rings. The molecule has 4 nitrogen and oxygen atoms in total. The van der Waals surface area contributed by atoms with Crippen LogP contribution in [0.15, 0.2) is 158 Å². The Balaban J connectivity index is 0.00000427. The molecule has 0 unspecified atom stereocenters. The van der Waals surface area contributed by atoms with Crippen LogP contribution in [0.5, 0.6) is 0 Å². The smallest absolute Gasteiger partial charge is 0.355 e. The van der Waals surface area contributed by atoms with Crippen LogP contribution in [0.25, 0.3) is 27.6 Å². The summed E-state index contributed by atoms with van der Waals surface area (Å²) < 4.78 is 27.2. The molecule has 1 aliphatic heterocycles. The van der Waals surface area contributed by atoms with E-state index in [1.807, 2.05) is 53.6 Å². The Labute approximate surface area is 324 Å². The number of aromatic nitrogens is 2. The summed E-state index contributed by atoms with van der Waals surface area (Å²) in [7, 11) is 0. The molecule has 8 aromatic rings. The molecule has 0 spiro atoms. The molecule has 6 aromatic carbocycles. The molecule has 3 heterocycles. The zero-order valence-electron chi connectivity index (χ0n) is 31.9. The van der Waals surface area contributed by atoms with Gasteiger partial charge in [0.1, 0.15) is 5.82 Å². The number of hydrogen-bond donors (Lipinski definition) is 0. The Morgan fingerprint density at radius 3 is 2.08 bits per heavy atom. The van der Waals surface area contributed by atoms with E-state index in [9.17, 15) is 0 Å². The van der Waals surface area contributed by atoms with Gasteiger partial charge in [0.2, 0.25) is 0 Å². The molecule has 1 aliphatic rings. The molecule has 0 bridgehead atoms. The first-order valence-corrected chi connectivity index (χ1v) is 17.5. The number of para-hydroxylation sites is 3. The minimum absolute atomic E-state index is 0. The van der Waals surface area contributed by atoms with Crippen molar-refractivity contribution in [1.82, 2.24) is 9.55 Å². The topological polar surface area (TPSA) is 24.3 Å². The van der Waals surface area contributed by atoms with Gasteiger partial charge in [0, 0.05) is 28.2 Å². The number of benzene rings is 6. The van der Waals surface area contributed by atoms with E-state index in [0.717, 1.165) is 61.3 Å². The van der Waals surface area contributed by atoms with Gasteiger partial charge in [-0.05, 0) is 58.3 Å². The Morgan fingerprint density at radius 1 is 0.673 bits per heavy atom. The fourth-order valence-electron chi connectivity index (χ4n) is 7.83. The molecule has 0 saturated carbocycles. The van der Waals surface area contributed by atoms with Crippen molar-refractivity contribution >= 4 is 38.9 Å². The van der Waals surface area contributed by atoms with Crippen molar-refractivity contribution in [2.45, 2.75) is 25.2 Å². The van der Waals surface area contributed by atoms with Crippen molar-refractivity contribution in [3.8, 4) is 5.82 Å². The quantitative estimate of drug-likeness (QED) is 0.118. The van der Waals surface area contributed by atoms with Gasteiger partial charge in [0.25, 0.3) is 0 Å². The summed E-state index contributed by atoms with van der Waals surface area (Å²) in [6.45, 7) is 2.29. The van der Waals surface area contributed by atoms with Crippen LogP contribution >= 0.6 is 0 Å². The molecule has 0 aliphatic carbocycles. The van der Waals surface area contributed by atoms with Gasteiger partial charge >= 0.3 is 21.1 Å². The zero-order chi connectivity index (χ0) is 37.0. The molecule has 5 heteroatoms. The van der Waals surface area contributed by atoms with Gasteiger partial charge in [0.15, 0.2) is 0 Å². The summed E-state index contributed by atoms with van der Waals surface area (Å²) in [5.41, 5.74) is 8.67. The van der Waals surface area contributed by atoms with Crippen LogP contribution in [0.4, 0.5) is 17.1 Å². The Hall–Kier alpha value is -5.44. The number of anilines is 3. The largest absolute Gasteiger partial charge is 2.00 e. The second kappa shape index (κ2) is 13.6. The normalized spacial score (nSPS) is 13.9. The van der Waals surface area contributed by atoms with Gasteiger partial charge in [-0.1, -0.05) is 116 Å². The van der Waals surface area contributed by atoms with Crippen LogP contribution in [0.1, 0.15) is 51.7 Å². The predicted molar refractivity (Wildman–Crippen MR) is 210 cm³/mol. The van der Waals surface area contributed by atoms with Gasteiger partial charge in [-0.2, -0.15) is 36.4 Å². The van der Waals surface area contributed by atoms with E-state index >= 15 is 0 Å². The van der Waals surface area contributed by atoms with Gasteiger partial charge in [0.05, 0.1) is 18.0 Å². The first-order chi connectivity index (χ1) is 26.2. The van der Waals surface area contributed by atoms with Gasteiger partial charge < -0.3 is 14.4 Å². The number of hydrogen-bond acceptors (Lipinski definition) is 3. The molecule has 9 rings (SSSR count). The molecule has 52 heavy (non-hydrogen) atoms. The molecule has 0 atom stereocenters. The second-order valence-electron chi connectivity index (χ2n) is 13.5. The van der Waals surface area contributed by atoms with Crippen LogP contribution < -0.4 is 9.80 Å². The maximum atomic E-state index is 8.32. The summed E-state index contributed by atoms with van der Waals surface area (Å²) in [5.74, 6) is 1.20. The van der Waals surface area contributed by atoms with E-state index in [4.69, 9.17) is 9.10 Å². The Morgan fingerprint density at radius 2 is 1.35 bits per heavy atom. The van der Waals surface area contributed by atoms with Gasteiger partial charge in [-0.25, -0.2) is 4.98 Å². The van der Waals surface area contributed by atoms with Crippen molar-refractivity contribution in [2.75, 3.05) is 23.4 Å². The van der Waals surface area contributed by atoms with E-state index in [-0.39, 0.29) is 27.7 Å². The molecule has 256 valence electrons. The van der Waals surface area contributed by atoms with Crippen molar-refractivity contribution in [1.29, 1.82) is 0 Å². The predicted octanol–water partition coefficient (Wildman–Crippen LogP) is 10.8. The Kier molecular flexibility index (Phi) is 7.90. The van der Waals surface area contributed by atoms with Crippen LogP contribution in [0.2, 0.25) is 0 Å². The molecule has 0 amide bonds. The van der Waals surface area contributed by atoms with Crippen LogP contribution in [-0.4, -0.2) is 23.2 Å². The van der Waals surface area contributed by atoms with E-state index in [2.05, 4.69) is 140 Å². The average Bonchev–Trinajstić information content (AvgIpc) is 3.76. The molecule has 0 radical (unpaired) electrons. The van der Waals surface area contributed by atoms with E-state index in [1.54, 1.807) is 0 Å². The first-order valence-electron chi connectivity index (χ1n) is 19.0. The number of nitrogens with zero attached hydrogens (tertiary/aromatic N) is 4. The number of fused-ring (bicyclic) bond motifs is 4. The van der Waals surface area contributed by atoms with Crippen molar-refractivity contribution in [3.63, 3.8) is 0 Å². The van der Waals surface area contributed by atoms with Crippen LogP contribution in [0, 0.1) is 12.1 Å². The summed E-state index contributed by atoms with van der Waals surface area (Å²) >= 11 is 0. The molecular weight excluding hydrogens is 816 g/mol. The van der Waals surface area contributed by atoms with Crippen LogP contribution in [-0.2, 0) is 26.5 Å². The monoisotopic (exact) mass is 856 g/mol. The summed E-state index contributed by atoms with van der Waals surface area (Å²) in [6, 6.07) is 60.1. The average molecular weight is 857 g/mol. The number of pyridine rings is 1. The Bertz CT molecular complexity index is 2600. The van der Waals surface area contributed by atoms with Gasteiger partial charge in [-0.15, -0.1) is 22.6 Å². The summed E-state index contributed by atoms with van der Waals surface area (Å²) in [4.78, 5) is 8.44. The fourth-order valence-corrected chi connectivity index (χ4v) is 7.83. The SMILES string of the molecule is [2H]C([2H])([2H])N1CN(c2[c-]c(C(c3[c-]c4c(cc3)c3ccccc3n4-c3cc(C(C)C)ccn3)(c3ccccc3)c3ccccc3)ccc2)c2ccccc21.[Pt+2]. The second-order valence-corrected chi connectivity index (χ2v) is 13.5. The van der Waals surface area contributed by atoms with E-state index in [0.29, 0.717) is 11.6 Å². The minimum Gasteiger partial charge on any atom is -0.355 e. The molecule has 2 aromatic heterocycles. The molecule has 0 N–H and O–H groups in total. The number of rotatable bonds is 7. The first kappa shape index (κ1) is 30.2.